The zero-order valence-corrected chi connectivity index (χ0v) is 7.91. The van der Waals surface area contributed by atoms with E-state index < -0.39 is 0 Å². The molecule has 1 N–H and O–H groups in total. The van der Waals surface area contributed by atoms with Crippen LogP contribution in [-0.2, 0) is 0 Å². The molecular formula is C8H16N2S. The summed E-state index contributed by atoms with van der Waals surface area (Å²) in [5, 5.41) is 11.5. The van der Waals surface area contributed by atoms with Crippen molar-refractivity contribution in [1.82, 2.24) is 5.32 Å². The Kier molecular flexibility index (Phi) is 9.62. The van der Waals surface area contributed by atoms with Crippen LogP contribution >= 0.6 is 11.8 Å². The van der Waals surface area contributed by atoms with Gasteiger partial charge in [0.25, 0.3) is 0 Å². The van der Waals surface area contributed by atoms with Crippen LogP contribution in [-0.4, -0.2) is 25.1 Å². The highest BCUT2D eigenvalue weighted by molar-refractivity contribution is 7.98. The van der Waals surface area contributed by atoms with Crippen molar-refractivity contribution >= 4 is 11.8 Å². The van der Waals surface area contributed by atoms with Crippen molar-refractivity contribution in [2.45, 2.75) is 19.3 Å². The lowest BCUT2D eigenvalue weighted by molar-refractivity contribution is 0.649. The van der Waals surface area contributed by atoms with Crippen LogP contribution in [0.3, 0.4) is 0 Å². The predicted octanol–water partition coefficient (Wildman–Crippen LogP) is 1.63. The van der Waals surface area contributed by atoms with E-state index in [1.54, 1.807) is 0 Å². The zero-order valence-electron chi connectivity index (χ0n) is 7.10. The number of hydrogen-bond acceptors (Lipinski definition) is 3. The lowest BCUT2D eigenvalue weighted by Gasteiger charge is -2.00. The maximum atomic E-state index is 8.23. The third-order valence-electron chi connectivity index (χ3n) is 1.34. The summed E-state index contributed by atoms with van der Waals surface area (Å²) in [6.45, 7) is 2.08. The zero-order chi connectivity index (χ0) is 8.36. The van der Waals surface area contributed by atoms with Gasteiger partial charge in [-0.05, 0) is 37.9 Å². The fourth-order valence-electron chi connectivity index (χ4n) is 0.759. The molecule has 0 amide bonds. The van der Waals surface area contributed by atoms with E-state index in [1.807, 2.05) is 11.8 Å². The molecule has 3 heteroatoms. The minimum atomic E-state index is 0.676. The van der Waals surface area contributed by atoms with Crippen molar-refractivity contribution in [1.29, 1.82) is 5.26 Å². The SMILES string of the molecule is CSCCCNCCCC#N. The molecule has 0 radical (unpaired) electrons. The second kappa shape index (κ2) is 9.80. The Morgan fingerprint density at radius 3 is 2.73 bits per heavy atom. The maximum Gasteiger partial charge on any atom is 0.0622 e. The maximum absolute atomic E-state index is 8.23. The molecule has 0 unspecified atom stereocenters. The van der Waals surface area contributed by atoms with Crippen LogP contribution in [0.1, 0.15) is 19.3 Å². The largest absolute Gasteiger partial charge is 0.317 e. The molecule has 0 bridgehead atoms. The third-order valence-corrected chi connectivity index (χ3v) is 2.04. The van der Waals surface area contributed by atoms with Crippen molar-refractivity contribution in [3.63, 3.8) is 0 Å². The smallest absolute Gasteiger partial charge is 0.0622 e. The fourth-order valence-corrected chi connectivity index (χ4v) is 1.19. The molecule has 0 aromatic heterocycles. The van der Waals surface area contributed by atoms with Gasteiger partial charge in [-0.3, -0.25) is 0 Å². The summed E-state index contributed by atoms with van der Waals surface area (Å²) in [5.41, 5.74) is 0. The van der Waals surface area contributed by atoms with Gasteiger partial charge in [0.15, 0.2) is 0 Å². The number of nitrogens with zero attached hydrogens (tertiary/aromatic N) is 1. The Hall–Kier alpha value is -0.200. The number of nitriles is 1. The van der Waals surface area contributed by atoms with Gasteiger partial charge in [0, 0.05) is 6.42 Å². The van der Waals surface area contributed by atoms with Crippen LogP contribution in [0.15, 0.2) is 0 Å². The van der Waals surface area contributed by atoms with E-state index in [-0.39, 0.29) is 0 Å². The lowest BCUT2D eigenvalue weighted by Crippen LogP contribution is -2.16. The van der Waals surface area contributed by atoms with Gasteiger partial charge in [-0.15, -0.1) is 0 Å². The summed E-state index contributed by atoms with van der Waals surface area (Å²) in [5.74, 6) is 1.23. The van der Waals surface area contributed by atoms with Gasteiger partial charge < -0.3 is 5.32 Å². The first-order chi connectivity index (χ1) is 5.41. The van der Waals surface area contributed by atoms with E-state index in [1.165, 1.54) is 12.2 Å². The molecular weight excluding hydrogens is 156 g/mol. The second-order valence-corrected chi connectivity index (χ2v) is 3.34. The monoisotopic (exact) mass is 172 g/mol. The van der Waals surface area contributed by atoms with Crippen molar-refractivity contribution in [2.24, 2.45) is 0 Å². The standard InChI is InChI=1S/C8H16N2S/c1-11-8-4-7-10-6-3-2-5-9/h10H,2-4,6-8H2,1H3. The Labute approximate surface area is 73.4 Å². The first-order valence-electron chi connectivity index (χ1n) is 3.98. The molecule has 64 valence electrons. The fraction of sp³-hybridized carbons (Fsp3) is 0.875. The van der Waals surface area contributed by atoms with Gasteiger partial charge in [0.2, 0.25) is 0 Å². The Morgan fingerprint density at radius 1 is 1.36 bits per heavy atom. The van der Waals surface area contributed by atoms with Crippen LogP contribution in [0.4, 0.5) is 0 Å². The first kappa shape index (κ1) is 10.8. The Balaban J connectivity index is 2.75. The van der Waals surface area contributed by atoms with Gasteiger partial charge in [0.05, 0.1) is 6.07 Å². The Morgan fingerprint density at radius 2 is 2.09 bits per heavy atom. The van der Waals surface area contributed by atoms with Crippen LogP contribution in [0.5, 0.6) is 0 Å². The quantitative estimate of drug-likeness (QED) is 0.593. The van der Waals surface area contributed by atoms with Gasteiger partial charge >= 0.3 is 0 Å². The topological polar surface area (TPSA) is 35.8 Å². The van der Waals surface area contributed by atoms with Crippen molar-refractivity contribution in [3.8, 4) is 6.07 Å². The highest BCUT2D eigenvalue weighted by Gasteiger charge is 1.87. The summed E-state index contributed by atoms with van der Waals surface area (Å²) in [4.78, 5) is 0. The third kappa shape index (κ3) is 9.80. The van der Waals surface area contributed by atoms with E-state index in [4.69, 9.17) is 5.26 Å². The molecule has 0 rings (SSSR count). The molecule has 11 heavy (non-hydrogen) atoms. The van der Waals surface area contributed by atoms with Crippen LogP contribution in [0.25, 0.3) is 0 Å². The second-order valence-electron chi connectivity index (χ2n) is 2.36. The molecule has 0 spiro atoms. The van der Waals surface area contributed by atoms with Gasteiger partial charge in [-0.25, -0.2) is 0 Å². The predicted molar refractivity (Wildman–Crippen MR) is 50.7 cm³/mol. The molecule has 0 atom stereocenters. The van der Waals surface area contributed by atoms with E-state index in [9.17, 15) is 0 Å². The molecule has 0 saturated heterocycles. The molecule has 0 fully saturated rings. The molecule has 0 aromatic carbocycles. The summed E-state index contributed by atoms with van der Waals surface area (Å²) < 4.78 is 0. The van der Waals surface area contributed by atoms with E-state index in [0.717, 1.165) is 19.5 Å². The summed E-state index contributed by atoms with van der Waals surface area (Å²) in [7, 11) is 0. The Bertz CT molecular complexity index is 109. The van der Waals surface area contributed by atoms with Crippen molar-refractivity contribution in [3.05, 3.63) is 0 Å². The molecule has 0 aliphatic rings. The summed E-state index contributed by atoms with van der Waals surface area (Å²) in [6, 6.07) is 2.13. The normalized spacial score (nSPS) is 9.45. The van der Waals surface area contributed by atoms with Crippen LogP contribution in [0.2, 0.25) is 0 Å². The van der Waals surface area contributed by atoms with Crippen LogP contribution in [0, 0.1) is 11.3 Å². The first-order valence-corrected chi connectivity index (χ1v) is 5.38. The minimum absolute atomic E-state index is 0.676. The molecule has 2 nitrogen and oxygen atoms in total. The van der Waals surface area contributed by atoms with E-state index in [2.05, 4.69) is 17.6 Å². The highest BCUT2D eigenvalue weighted by Crippen LogP contribution is 1.93. The van der Waals surface area contributed by atoms with E-state index >= 15 is 0 Å². The number of nitrogens with one attached hydrogen (secondary N) is 1. The van der Waals surface area contributed by atoms with Crippen molar-refractivity contribution < 1.29 is 0 Å². The summed E-state index contributed by atoms with van der Waals surface area (Å²) >= 11 is 1.88. The van der Waals surface area contributed by atoms with Gasteiger partial charge in [-0.1, -0.05) is 0 Å². The highest BCUT2D eigenvalue weighted by atomic mass is 32.2. The minimum Gasteiger partial charge on any atom is -0.317 e. The number of thioether (sulfide) groups is 1. The average Bonchev–Trinajstić information content (AvgIpc) is 2.03. The lowest BCUT2D eigenvalue weighted by atomic mass is 10.3. The number of hydrogen-bond donors (Lipinski definition) is 1. The van der Waals surface area contributed by atoms with Gasteiger partial charge in [0.1, 0.15) is 0 Å². The average molecular weight is 172 g/mol. The van der Waals surface area contributed by atoms with Crippen molar-refractivity contribution in [2.75, 3.05) is 25.1 Å². The molecule has 0 saturated carbocycles. The number of rotatable bonds is 7. The van der Waals surface area contributed by atoms with Crippen LogP contribution < -0.4 is 5.32 Å². The molecule has 0 aromatic rings. The molecule has 0 heterocycles. The summed E-state index contributed by atoms with van der Waals surface area (Å²) in [6.07, 6.45) is 5.01. The molecule has 0 aliphatic carbocycles. The van der Waals surface area contributed by atoms with Gasteiger partial charge in [-0.2, -0.15) is 17.0 Å². The van der Waals surface area contributed by atoms with E-state index in [0.29, 0.717) is 6.42 Å². The number of unbranched alkanes of at least 4 members (excludes halogenated alkanes) is 1. The molecule has 0 aliphatic heterocycles.